The van der Waals surface area contributed by atoms with E-state index < -0.39 is 5.41 Å². The molecule has 0 amide bonds. The summed E-state index contributed by atoms with van der Waals surface area (Å²) >= 11 is 0. The number of benzene rings is 12. The van der Waals surface area contributed by atoms with Gasteiger partial charge in [0.15, 0.2) is 0 Å². The first-order valence-electron chi connectivity index (χ1n) is 27.6. The van der Waals surface area contributed by atoms with Crippen molar-refractivity contribution in [2.45, 2.75) is 24.7 Å². The molecule has 3 aliphatic carbocycles. The standard InChI is InChI=1S/C76H50N2O/c1-75(2)64-31-15-10-27-56(64)58-40-37-49(45-68(58)75)77(48-38-43-71-63(44-48)54-25-9-8-24-53(54)59-28-13-18-34-70(59)78(71)47-20-4-3-5-21-47)50-36-39-57-52-23-7-6-22-51(52)55-26-11-16-32-65(55)76(69(57)46-50)66-33-17-12-30-62(66)73-67(76)42-41-61-60-29-14-19-35-72(60)79-74(61)73/h3-46H,1-2H3. The van der Waals surface area contributed by atoms with Gasteiger partial charge in [-0.15, -0.1) is 0 Å². The van der Waals surface area contributed by atoms with Crippen LogP contribution < -0.4 is 9.80 Å². The van der Waals surface area contributed by atoms with Crippen molar-refractivity contribution < 1.29 is 4.42 Å². The second-order valence-electron chi connectivity index (χ2n) is 22.3. The van der Waals surface area contributed by atoms with E-state index in [-0.39, 0.29) is 5.41 Å². The minimum atomic E-state index is -0.748. The van der Waals surface area contributed by atoms with Crippen LogP contribution >= 0.6 is 0 Å². The minimum absolute atomic E-state index is 0.215. The highest BCUT2D eigenvalue weighted by molar-refractivity contribution is 6.13. The van der Waals surface area contributed by atoms with E-state index >= 15 is 0 Å². The summed E-state index contributed by atoms with van der Waals surface area (Å²) in [5.74, 6) is 0. The Bertz CT molecular complexity index is 4730. The molecule has 370 valence electrons. The molecule has 12 aromatic carbocycles. The molecule has 4 aliphatic rings. The molecular weight excluding hydrogens is 957 g/mol. The molecule has 0 saturated carbocycles. The number of rotatable bonds is 4. The van der Waals surface area contributed by atoms with E-state index in [9.17, 15) is 0 Å². The van der Waals surface area contributed by atoms with Gasteiger partial charge in [-0.2, -0.15) is 0 Å². The molecule has 1 aliphatic heterocycles. The summed E-state index contributed by atoms with van der Waals surface area (Å²) in [5, 5.41) is 2.26. The summed E-state index contributed by atoms with van der Waals surface area (Å²) in [4.78, 5) is 4.98. The monoisotopic (exact) mass is 1010 g/mol. The smallest absolute Gasteiger partial charge is 0.143 e. The summed E-state index contributed by atoms with van der Waals surface area (Å²) in [6.45, 7) is 4.77. The third-order valence-corrected chi connectivity index (χ3v) is 18.0. The van der Waals surface area contributed by atoms with E-state index in [2.05, 4.69) is 291 Å². The fourth-order valence-corrected chi connectivity index (χ4v) is 14.7. The van der Waals surface area contributed by atoms with Crippen molar-refractivity contribution >= 4 is 56.1 Å². The maximum Gasteiger partial charge on any atom is 0.143 e. The van der Waals surface area contributed by atoms with E-state index in [0.717, 1.165) is 67.2 Å². The first-order valence-corrected chi connectivity index (χ1v) is 27.6. The second-order valence-corrected chi connectivity index (χ2v) is 22.3. The maximum atomic E-state index is 7.03. The third-order valence-electron chi connectivity index (χ3n) is 18.0. The molecule has 1 aromatic heterocycles. The van der Waals surface area contributed by atoms with Gasteiger partial charge in [0.05, 0.1) is 16.8 Å². The molecule has 79 heavy (non-hydrogen) atoms. The second kappa shape index (κ2) is 16.3. The number of fused-ring (bicyclic) bond motifs is 24. The Labute approximate surface area is 459 Å². The van der Waals surface area contributed by atoms with Gasteiger partial charge in [-0.25, -0.2) is 0 Å². The summed E-state index contributed by atoms with van der Waals surface area (Å²) in [6, 6.07) is 99.9. The van der Waals surface area contributed by atoms with Gasteiger partial charge < -0.3 is 14.2 Å². The van der Waals surface area contributed by atoms with Gasteiger partial charge in [-0.3, -0.25) is 0 Å². The van der Waals surface area contributed by atoms with Crippen molar-refractivity contribution in [2.24, 2.45) is 0 Å². The van der Waals surface area contributed by atoms with Crippen molar-refractivity contribution in [2.75, 3.05) is 9.80 Å². The number of furan rings is 1. The highest BCUT2D eigenvalue weighted by Gasteiger charge is 2.51. The lowest BCUT2D eigenvalue weighted by Crippen LogP contribution is -2.29. The largest absolute Gasteiger partial charge is 0.455 e. The molecule has 1 unspecified atom stereocenters. The van der Waals surface area contributed by atoms with Crippen LogP contribution in [0.2, 0.25) is 0 Å². The minimum Gasteiger partial charge on any atom is -0.455 e. The van der Waals surface area contributed by atoms with E-state index in [1.807, 2.05) is 0 Å². The Morgan fingerprint density at radius 2 is 0.797 bits per heavy atom. The van der Waals surface area contributed by atoms with Crippen molar-refractivity contribution in [1.82, 2.24) is 0 Å². The zero-order valence-electron chi connectivity index (χ0n) is 43.7. The van der Waals surface area contributed by atoms with Gasteiger partial charge in [-0.05, 0) is 150 Å². The molecule has 0 bridgehead atoms. The number of para-hydroxylation sites is 3. The topological polar surface area (TPSA) is 19.6 Å². The maximum absolute atomic E-state index is 7.03. The number of nitrogens with zero attached hydrogens (tertiary/aromatic N) is 2. The van der Waals surface area contributed by atoms with Crippen LogP contribution in [-0.4, -0.2) is 0 Å². The summed E-state index contributed by atoms with van der Waals surface area (Å²) in [5.41, 5.74) is 29.8. The Morgan fingerprint density at radius 1 is 0.316 bits per heavy atom. The molecule has 0 fully saturated rings. The van der Waals surface area contributed by atoms with Crippen molar-refractivity contribution in [3.63, 3.8) is 0 Å². The summed E-state index contributed by atoms with van der Waals surface area (Å²) in [7, 11) is 0. The van der Waals surface area contributed by atoms with Crippen LogP contribution in [0.25, 0.3) is 88.7 Å². The molecule has 13 aromatic rings. The molecule has 1 spiro atoms. The molecule has 0 saturated heterocycles. The fraction of sp³-hybridized carbons (Fsp3) is 0.0526. The van der Waals surface area contributed by atoms with Crippen LogP contribution in [0.5, 0.6) is 0 Å². The number of hydrogen-bond acceptors (Lipinski definition) is 3. The lowest BCUT2D eigenvalue weighted by molar-refractivity contribution is 0.660. The molecule has 3 nitrogen and oxygen atoms in total. The third kappa shape index (κ3) is 5.97. The number of anilines is 6. The van der Waals surface area contributed by atoms with Crippen LogP contribution in [0.1, 0.15) is 47.2 Å². The predicted molar refractivity (Wildman–Crippen MR) is 327 cm³/mol. The zero-order valence-corrected chi connectivity index (χ0v) is 43.7. The van der Waals surface area contributed by atoms with E-state index in [1.165, 1.54) is 89.0 Å². The first-order chi connectivity index (χ1) is 39.0. The normalized spacial score (nSPS) is 15.3. The van der Waals surface area contributed by atoms with Gasteiger partial charge in [0.2, 0.25) is 0 Å². The Kier molecular flexibility index (Phi) is 9.11. The van der Waals surface area contributed by atoms with Gasteiger partial charge >= 0.3 is 0 Å². The van der Waals surface area contributed by atoms with Crippen LogP contribution in [0.15, 0.2) is 271 Å². The summed E-state index contributed by atoms with van der Waals surface area (Å²) in [6.07, 6.45) is 0. The average Bonchev–Trinajstić information content (AvgIpc) is 2.58. The Morgan fingerprint density at radius 3 is 1.52 bits per heavy atom. The Hall–Kier alpha value is -9.96. The Balaban J connectivity index is 0.976. The zero-order chi connectivity index (χ0) is 52.1. The van der Waals surface area contributed by atoms with Crippen LogP contribution in [0.4, 0.5) is 34.1 Å². The summed E-state index contributed by atoms with van der Waals surface area (Å²) < 4.78 is 7.03. The van der Waals surface area contributed by atoms with Crippen LogP contribution in [-0.2, 0) is 10.8 Å². The first kappa shape index (κ1) is 44.2. The molecule has 2 heterocycles. The average molecular weight is 1010 g/mol. The van der Waals surface area contributed by atoms with E-state index in [4.69, 9.17) is 4.42 Å². The van der Waals surface area contributed by atoms with Crippen molar-refractivity contribution in [3.8, 4) is 66.8 Å². The van der Waals surface area contributed by atoms with Crippen LogP contribution in [0, 0.1) is 0 Å². The molecule has 0 N–H and O–H groups in total. The highest BCUT2D eigenvalue weighted by Crippen LogP contribution is 2.64. The van der Waals surface area contributed by atoms with Crippen LogP contribution in [0.3, 0.4) is 0 Å². The molecule has 17 rings (SSSR count). The molecule has 1 atom stereocenters. The van der Waals surface area contributed by atoms with Crippen molar-refractivity contribution in [1.29, 1.82) is 0 Å². The van der Waals surface area contributed by atoms with E-state index in [1.54, 1.807) is 0 Å². The molecule has 0 radical (unpaired) electrons. The number of hydrogen-bond donors (Lipinski definition) is 0. The van der Waals surface area contributed by atoms with Gasteiger partial charge in [0.1, 0.15) is 11.2 Å². The van der Waals surface area contributed by atoms with Crippen molar-refractivity contribution in [3.05, 3.63) is 300 Å². The van der Waals surface area contributed by atoms with Gasteiger partial charge in [0.25, 0.3) is 0 Å². The molecular formula is C76H50N2O. The lowest BCUT2D eigenvalue weighted by Gasteiger charge is -2.36. The molecule has 3 heteroatoms. The fourth-order valence-electron chi connectivity index (χ4n) is 14.7. The highest BCUT2D eigenvalue weighted by atomic mass is 16.3. The SMILES string of the molecule is CC1(C)c2ccccc2-c2ccc(N(c3ccc4c(c3)-c3ccccc3-c3ccccc3N4c3ccccc3)c3ccc4c(c3)C3(c5ccccc5-c5ccccc5-4)c4ccccc4-c4c3ccc3c4oc4ccccc43)cc21. The lowest BCUT2D eigenvalue weighted by atomic mass is 9.65. The quantitative estimate of drug-likeness (QED) is 0.175. The van der Waals surface area contributed by atoms with Gasteiger partial charge in [-0.1, -0.05) is 214 Å². The van der Waals surface area contributed by atoms with E-state index in [0.29, 0.717) is 0 Å². The predicted octanol–water partition coefficient (Wildman–Crippen LogP) is 20.5. The van der Waals surface area contributed by atoms with Gasteiger partial charge in [0, 0.05) is 55.6 Å².